The van der Waals surface area contributed by atoms with Crippen molar-refractivity contribution in [3.05, 3.63) is 80.6 Å². The van der Waals surface area contributed by atoms with Gasteiger partial charge in [-0.05, 0) is 12.1 Å². The summed E-state index contributed by atoms with van der Waals surface area (Å²) in [6.07, 6.45) is 0. The van der Waals surface area contributed by atoms with E-state index in [0.717, 1.165) is 0 Å². The third kappa shape index (κ3) is 3.13. The van der Waals surface area contributed by atoms with Crippen molar-refractivity contribution >= 4 is 11.7 Å². The molecule has 0 aliphatic rings. The number of H-pyrrole nitrogens is 1. The van der Waals surface area contributed by atoms with Crippen LogP contribution in [0.15, 0.2) is 59.4 Å². The Kier molecular flexibility index (Phi) is 4.09. The summed E-state index contributed by atoms with van der Waals surface area (Å²) in [5, 5.41) is 20.1. The Morgan fingerprint density at radius 1 is 1.04 bits per heavy atom. The van der Waals surface area contributed by atoms with E-state index in [1.165, 1.54) is 24.3 Å². The number of non-ortho nitro benzene ring substituents is 1. The number of carboxylic acids is 1. The maximum Gasteiger partial charge on any atom is 0.343 e. The summed E-state index contributed by atoms with van der Waals surface area (Å²) in [7, 11) is 0. The smallest absolute Gasteiger partial charge is 0.343 e. The van der Waals surface area contributed by atoms with Gasteiger partial charge in [0.15, 0.2) is 5.56 Å². The van der Waals surface area contributed by atoms with Crippen LogP contribution in [-0.4, -0.2) is 26.0 Å². The van der Waals surface area contributed by atoms with E-state index in [1.807, 2.05) is 0 Å². The maximum absolute atomic E-state index is 12.2. The molecule has 0 aliphatic carbocycles. The SMILES string of the molecule is O=C(O)c1c(-c2ccc([N+](=O)[O-])cc2)nc(-c2ccccc2)[nH]c1=O. The lowest BCUT2D eigenvalue weighted by molar-refractivity contribution is -0.384. The van der Waals surface area contributed by atoms with Gasteiger partial charge in [0.25, 0.3) is 11.2 Å². The first kappa shape index (κ1) is 16.1. The summed E-state index contributed by atoms with van der Waals surface area (Å²) in [6.45, 7) is 0. The van der Waals surface area contributed by atoms with Gasteiger partial charge in [-0.15, -0.1) is 0 Å². The molecular formula is C17H11N3O5. The molecule has 124 valence electrons. The van der Waals surface area contributed by atoms with Crippen LogP contribution in [0.25, 0.3) is 22.6 Å². The summed E-state index contributed by atoms with van der Waals surface area (Å²) >= 11 is 0. The Morgan fingerprint density at radius 3 is 2.24 bits per heavy atom. The fraction of sp³-hybridized carbons (Fsp3) is 0. The van der Waals surface area contributed by atoms with Crippen LogP contribution in [0, 0.1) is 10.1 Å². The Bertz CT molecular complexity index is 1010. The van der Waals surface area contributed by atoms with Crippen LogP contribution in [0.5, 0.6) is 0 Å². The van der Waals surface area contributed by atoms with Crippen LogP contribution >= 0.6 is 0 Å². The van der Waals surface area contributed by atoms with E-state index in [9.17, 15) is 24.8 Å². The average molecular weight is 337 g/mol. The minimum absolute atomic E-state index is 0.0509. The highest BCUT2D eigenvalue weighted by Gasteiger charge is 2.20. The first-order valence-corrected chi connectivity index (χ1v) is 7.15. The molecule has 0 unspecified atom stereocenters. The first-order valence-electron chi connectivity index (χ1n) is 7.15. The summed E-state index contributed by atoms with van der Waals surface area (Å²) in [5.41, 5.74) is -0.604. The Labute approximate surface area is 140 Å². The van der Waals surface area contributed by atoms with E-state index in [-0.39, 0.29) is 17.2 Å². The van der Waals surface area contributed by atoms with Crippen molar-refractivity contribution in [3.8, 4) is 22.6 Å². The number of nitro benzene ring substituents is 1. The Hall–Kier alpha value is -3.81. The van der Waals surface area contributed by atoms with Crippen molar-refractivity contribution in [3.63, 3.8) is 0 Å². The Balaban J connectivity index is 2.22. The zero-order valence-corrected chi connectivity index (χ0v) is 12.7. The fourth-order valence-electron chi connectivity index (χ4n) is 2.35. The van der Waals surface area contributed by atoms with Crippen molar-refractivity contribution in [1.82, 2.24) is 9.97 Å². The van der Waals surface area contributed by atoms with E-state index in [1.54, 1.807) is 30.3 Å². The summed E-state index contributed by atoms with van der Waals surface area (Å²) in [5.74, 6) is -1.22. The lowest BCUT2D eigenvalue weighted by Crippen LogP contribution is -2.21. The molecule has 2 aromatic carbocycles. The van der Waals surface area contributed by atoms with Crippen molar-refractivity contribution in [2.75, 3.05) is 0 Å². The fourth-order valence-corrected chi connectivity index (χ4v) is 2.35. The number of nitrogens with zero attached hydrogens (tertiary/aromatic N) is 2. The van der Waals surface area contributed by atoms with E-state index in [2.05, 4.69) is 9.97 Å². The van der Waals surface area contributed by atoms with Crippen molar-refractivity contribution in [2.24, 2.45) is 0 Å². The average Bonchev–Trinajstić information content (AvgIpc) is 2.61. The number of hydrogen-bond donors (Lipinski definition) is 2. The van der Waals surface area contributed by atoms with Gasteiger partial charge < -0.3 is 10.1 Å². The monoisotopic (exact) mass is 337 g/mol. The maximum atomic E-state index is 12.2. The summed E-state index contributed by atoms with van der Waals surface area (Å²) in [6, 6.07) is 13.9. The minimum atomic E-state index is -1.43. The van der Waals surface area contributed by atoms with E-state index >= 15 is 0 Å². The van der Waals surface area contributed by atoms with E-state index < -0.39 is 22.0 Å². The highest BCUT2D eigenvalue weighted by atomic mass is 16.6. The molecule has 1 aromatic heterocycles. The highest BCUT2D eigenvalue weighted by molar-refractivity contribution is 5.94. The number of carboxylic acid groups (broad SMARTS) is 1. The van der Waals surface area contributed by atoms with Crippen LogP contribution in [0.1, 0.15) is 10.4 Å². The molecule has 3 aromatic rings. The summed E-state index contributed by atoms with van der Waals surface area (Å²) < 4.78 is 0. The zero-order chi connectivity index (χ0) is 18.0. The second-order valence-corrected chi connectivity index (χ2v) is 5.11. The normalized spacial score (nSPS) is 10.4. The molecule has 0 radical (unpaired) electrons. The van der Waals surface area contributed by atoms with Gasteiger partial charge in [0.05, 0.1) is 10.6 Å². The molecule has 0 saturated heterocycles. The largest absolute Gasteiger partial charge is 0.477 e. The molecule has 8 heteroatoms. The van der Waals surface area contributed by atoms with Crippen LogP contribution in [-0.2, 0) is 0 Å². The van der Waals surface area contributed by atoms with Crippen molar-refractivity contribution in [2.45, 2.75) is 0 Å². The number of benzene rings is 2. The number of aromatic carboxylic acids is 1. The molecule has 0 fully saturated rings. The first-order chi connectivity index (χ1) is 12.0. The molecule has 0 aliphatic heterocycles. The third-order valence-electron chi connectivity index (χ3n) is 3.53. The van der Waals surface area contributed by atoms with Crippen LogP contribution in [0.3, 0.4) is 0 Å². The number of hydrogen-bond acceptors (Lipinski definition) is 5. The topological polar surface area (TPSA) is 126 Å². The van der Waals surface area contributed by atoms with Gasteiger partial charge in [0.2, 0.25) is 0 Å². The van der Waals surface area contributed by atoms with E-state index in [0.29, 0.717) is 11.1 Å². The number of nitrogens with one attached hydrogen (secondary N) is 1. The van der Waals surface area contributed by atoms with Crippen molar-refractivity contribution in [1.29, 1.82) is 0 Å². The van der Waals surface area contributed by atoms with Gasteiger partial charge in [-0.2, -0.15) is 0 Å². The van der Waals surface area contributed by atoms with Gasteiger partial charge in [0.1, 0.15) is 5.82 Å². The standard InChI is InChI=1S/C17H11N3O5/c21-16-13(17(22)23)14(10-6-8-12(9-7-10)20(24)25)18-15(19-16)11-4-2-1-3-5-11/h1-9H,(H,22,23)(H,18,19,21). The number of aromatic amines is 1. The van der Waals surface area contributed by atoms with Gasteiger partial charge in [-0.1, -0.05) is 30.3 Å². The second-order valence-electron chi connectivity index (χ2n) is 5.11. The predicted molar refractivity (Wildman–Crippen MR) is 89.3 cm³/mol. The van der Waals surface area contributed by atoms with Gasteiger partial charge in [-0.3, -0.25) is 14.9 Å². The van der Waals surface area contributed by atoms with Crippen molar-refractivity contribution < 1.29 is 14.8 Å². The molecule has 0 spiro atoms. The Morgan fingerprint density at radius 2 is 1.68 bits per heavy atom. The second kappa shape index (κ2) is 6.36. The molecule has 8 nitrogen and oxygen atoms in total. The third-order valence-corrected chi connectivity index (χ3v) is 3.53. The molecular weight excluding hydrogens is 326 g/mol. The van der Waals surface area contributed by atoms with Crippen LogP contribution in [0.2, 0.25) is 0 Å². The lowest BCUT2D eigenvalue weighted by Gasteiger charge is -2.08. The number of aromatic nitrogens is 2. The molecule has 25 heavy (non-hydrogen) atoms. The minimum Gasteiger partial charge on any atom is -0.477 e. The number of carbonyl (C=O) groups is 1. The molecule has 3 rings (SSSR count). The quantitative estimate of drug-likeness (QED) is 0.557. The molecule has 0 atom stereocenters. The molecule has 0 bridgehead atoms. The molecule has 0 saturated carbocycles. The van der Waals surface area contributed by atoms with Gasteiger partial charge in [-0.25, -0.2) is 9.78 Å². The molecule has 2 N–H and O–H groups in total. The van der Waals surface area contributed by atoms with E-state index in [4.69, 9.17) is 0 Å². The number of nitro groups is 1. The van der Waals surface area contributed by atoms with Gasteiger partial charge >= 0.3 is 5.97 Å². The lowest BCUT2D eigenvalue weighted by atomic mass is 10.1. The van der Waals surface area contributed by atoms with Crippen LogP contribution in [0.4, 0.5) is 5.69 Å². The summed E-state index contributed by atoms with van der Waals surface area (Å²) in [4.78, 5) is 40.6. The highest BCUT2D eigenvalue weighted by Crippen LogP contribution is 2.24. The number of rotatable bonds is 4. The van der Waals surface area contributed by atoms with Crippen LogP contribution < -0.4 is 5.56 Å². The van der Waals surface area contributed by atoms with Gasteiger partial charge in [0, 0.05) is 23.3 Å². The zero-order valence-electron chi connectivity index (χ0n) is 12.7. The predicted octanol–water partition coefficient (Wildman–Crippen LogP) is 2.71. The molecule has 0 amide bonds. The molecule has 1 heterocycles.